The molecule has 24 heavy (non-hydrogen) atoms. The van der Waals surface area contributed by atoms with Crippen molar-refractivity contribution in [2.45, 2.75) is 39.4 Å². The minimum atomic E-state index is -1.28. The Balaban J connectivity index is 1.99. The van der Waals surface area contributed by atoms with Crippen LogP contribution in [0.2, 0.25) is 0 Å². The maximum Gasteiger partial charge on any atom is 0.175 e. The summed E-state index contributed by atoms with van der Waals surface area (Å²) in [6.45, 7) is 6.55. The number of carboxylic acid groups (broad SMARTS) is 1. The molecule has 0 aromatic carbocycles. The van der Waals surface area contributed by atoms with E-state index in [1.165, 1.54) is 16.5 Å². The molecule has 8 heteroatoms. The van der Waals surface area contributed by atoms with E-state index in [2.05, 4.69) is 28.9 Å². The highest BCUT2D eigenvalue weighted by Crippen LogP contribution is 2.39. The molecule has 0 bridgehead atoms. The largest absolute Gasteiger partial charge is 0.545 e. The van der Waals surface area contributed by atoms with Crippen LogP contribution < -0.4 is 5.11 Å². The van der Waals surface area contributed by atoms with Gasteiger partial charge in [-0.15, -0.1) is 16.4 Å². The molecule has 0 N–H and O–H groups in total. The third-order valence-electron chi connectivity index (χ3n) is 4.05. The molecule has 124 valence electrons. The SMILES string of the molecule is Cc1nc2sc3c(c2c2nc(/C=C\C(=O)[O-])nn12)CC(C)(C)OC3. The molecule has 0 saturated heterocycles. The van der Waals surface area contributed by atoms with Gasteiger partial charge in [0, 0.05) is 11.3 Å². The molecular formula is C16H15N4O3S-. The molecule has 4 rings (SSSR count). The Hall–Kier alpha value is -2.32. The van der Waals surface area contributed by atoms with Crippen LogP contribution in [-0.4, -0.2) is 31.2 Å². The maximum absolute atomic E-state index is 10.6. The molecule has 1 aliphatic heterocycles. The Kier molecular flexibility index (Phi) is 3.23. The van der Waals surface area contributed by atoms with E-state index in [0.717, 1.165) is 22.7 Å². The predicted molar refractivity (Wildman–Crippen MR) is 87.5 cm³/mol. The van der Waals surface area contributed by atoms with Gasteiger partial charge in [-0.3, -0.25) is 0 Å². The van der Waals surface area contributed by atoms with Gasteiger partial charge in [-0.25, -0.2) is 9.97 Å². The van der Waals surface area contributed by atoms with Crippen molar-refractivity contribution in [3.63, 3.8) is 0 Å². The second-order valence-corrected chi connectivity index (χ2v) is 7.51. The molecule has 0 spiro atoms. The second-order valence-electron chi connectivity index (χ2n) is 6.43. The lowest BCUT2D eigenvalue weighted by atomic mass is 9.94. The second kappa shape index (κ2) is 5.09. The zero-order chi connectivity index (χ0) is 17.1. The summed E-state index contributed by atoms with van der Waals surface area (Å²) in [7, 11) is 0. The summed E-state index contributed by atoms with van der Waals surface area (Å²) < 4.78 is 7.55. The number of carbonyl (C=O) groups is 1. The van der Waals surface area contributed by atoms with Gasteiger partial charge < -0.3 is 14.6 Å². The molecule has 3 aromatic rings. The highest BCUT2D eigenvalue weighted by Gasteiger charge is 2.31. The highest BCUT2D eigenvalue weighted by molar-refractivity contribution is 7.19. The van der Waals surface area contributed by atoms with Gasteiger partial charge in [0.2, 0.25) is 0 Å². The summed E-state index contributed by atoms with van der Waals surface area (Å²) in [5.74, 6) is -0.250. The first-order valence-corrected chi connectivity index (χ1v) is 8.36. The van der Waals surface area contributed by atoms with E-state index in [-0.39, 0.29) is 5.60 Å². The van der Waals surface area contributed by atoms with Crippen LogP contribution in [0.15, 0.2) is 6.08 Å². The van der Waals surface area contributed by atoms with Crippen LogP contribution in [0.5, 0.6) is 0 Å². The summed E-state index contributed by atoms with van der Waals surface area (Å²) in [4.78, 5) is 21.8. The van der Waals surface area contributed by atoms with E-state index in [4.69, 9.17) is 4.74 Å². The average Bonchev–Trinajstić information content (AvgIpc) is 3.05. The van der Waals surface area contributed by atoms with E-state index < -0.39 is 5.97 Å². The fraction of sp³-hybridized carbons (Fsp3) is 0.375. The molecular weight excluding hydrogens is 328 g/mol. The molecule has 1 aliphatic rings. The molecule has 0 aliphatic carbocycles. The lowest BCUT2D eigenvalue weighted by molar-refractivity contribution is -0.297. The van der Waals surface area contributed by atoms with Gasteiger partial charge in [0.1, 0.15) is 10.7 Å². The Morgan fingerprint density at radius 3 is 2.96 bits per heavy atom. The van der Waals surface area contributed by atoms with Crippen LogP contribution in [-0.2, 0) is 22.6 Å². The molecule has 0 saturated carbocycles. The van der Waals surface area contributed by atoms with Gasteiger partial charge >= 0.3 is 0 Å². The number of carboxylic acids is 1. The lowest BCUT2D eigenvalue weighted by Gasteiger charge is -2.30. The molecule has 3 aromatic heterocycles. The van der Waals surface area contributed by atoms with E-state index in [0.29, 0.717) is 23.9 Å². The molecule has 4 heterocycles. The number of aliphatic carboxylic acids is 1. The number of carbonyl (C=O) groups excluding carboxylic acids is 1. The quantitative estimate of drug-likeness (QED) is 0.651. The Morgan fingerprint density at radius 2 is 2.21 bits per heavy atom. The Bertz CT molecular complexity index is 1020. The summed E-state index contributed by atoms with van der Waals surface area (Å²) in [5, 5.41) is 15.9. The third kappa shape index (κ3) is 2.38. The molecule has 0 unspecified atom stereocenters. The number of hydrogen-bond acceptors (Lipinski definition) is 7. The minimum absolute atomic E-state index is 0.236. The Labute approximate surface area is 141 Å². The molecule has 0 atom stereocenters. The van der Waals surface area contributed by atoms with Crippen molar-refractivity contribution in [3.05, 3.63) is 28.2 Å². The number of rotatable bonds is 2. The summed E-state index contributed by atoms with van der Waals surface area (Å²) >= 11 is 1.62. The number of fused-ring (bicyclic) bond motifs is 5. The molecule has 0 radical (unpaired) electrons. The first-order valence-electron chi connectivity index (χ1n) is 7.55. The lowest BCUT2D eigenvalue weighted by Crippen LogP contribution is -2.31. The Morgan fingerprint density at radius 1 is 1.42 bits per heavy atom. The fourth-order valence-corrected chi connectivity index (χ4v) is 4.11. The summed E-state index contributed by atoms with van der Waals surface area (Å²) in [6.07, 6.45) is 3.04. The smallest absolute Gasteiger partial charge is 0.175 e. The standard InChI is InChI=1S/C16H16N4O3S/c1-8-17-15-13(9-6-16(2,3)23-7-10(9)24-15)14-18-11(19-20(8)14)4-5-12(21)22/h4-5H,6-7H2,1-3H3,(H,21,22)/p-1/b5-4-. The van der Waals surface area contributed by atoms with Crippen molar-refractivity contribution in [2.75, 3.05) is 0 Å². The fourth-order valence-electron chi connectivity index (χ4n) is 2.97. The number of aromatic nitrogens is 4. The van der Waals surface area contributed by atoms with Gasteiger partial charge in [0.15, 0.2) is 11.5 Å². The van der Waals surface area contributed by atoms with Crippen LogP contribution in [0.3, 0.4) is 0 Å². The molecule has 0 amide bonds. The normalized spacial score (nSPS) is 17.0. The van der Waals surface area contributed by atoms with E-state index in [1.807, 2.05) is 6.92 Å². The number of thiophene rings is 1. The monoisotopic (exact) mass is 343 g/mol. The molecule has 7 nitrogen and oxygen atoms in total. The van der Waals surface area contributed by atoms with Crippen molar-refractivity contribution in [2.24, 2.45) is 0 Å². The number of aryl methyl sites for hydroxylation is 1. The van der Waals surface area contributed by atoms with E-state index in [1.54, 1.807) is 15.9 Å². The summed E-state index contributed by atoms with van der Waals surface area (Å²) in [5.41, 5.74) is 1.66. The van der Waals surface area contributed by atoms with Gasteiger partial charge in [0.25, 0.3) is 0 Å². The average molecular weight is 343 g/mol. The number of ether oxygens (including phenoxy) is 1. The molecule has 0 fully saturated rings. The van der Waals surface area contributed by atoms with Gasteiger partial charge in [-0.2, -0.15) is 4.52 Å². The number of nitrogens with zero attached hydrogens (tertiary/aromatic N) is 4. The zero-order valence-corrected chi connectivity index (χ0v) is 14.3. The van der Waals surface area contributed by atoms with Crippen LogP contribution in [0.1, 0.15) is 35.9 Å². The van der Waals surface area contributed by atoms with Crippen molar-refractivity contribution < 1.29 is 14.6 Å². The summed E-state index contributed by atoms with van der Waals surface area (Å²) in [6, 6.07) is 0. The van der Waals surface area contributed by atoms with Crippen LogP contribution in [0.25, 0.3) is 21.9 Å². The van der Waals surface area contributed by atoms with E-state index >= 15 is 0 Å². The van der Waals surface area contributed by atoms with E-state index in [9.17, 15) is 9.90 Å². The van der Waals surface area contributed by atoms with Crippen molar-refractivity contribution in [3.8, 4) is 0 Å². The van der Waals surface area contributed by atoms with Crippen LogP contribution in [0, 0.1) is 6.92 Å². The third-order valence-corrected chi connectivity index (χ3v) is 5.15. The zero-order valence-electron chi connectivity index (χ0n) is 13.5. The topological polar surface area (TPSA) is 92.4 Å². The maximum atomic E-state index is 10.6. The van der Waals surface area contributed by atoms with Gasteiger partial charge in [-0.05, 0) is 38.5 Å². The van der Waals surface area contributed by atoms with Gasteiger partial charge in [0.05, 0.1) is 23.6 Å². The van der Waals surface area contributed by atoms with Crippen LogP contribution in [0.4, 0.5) is 0 Å². The minimum Gasteiger partial charge on any atom is -0.545 e. The van der Waals surface area contributed by atoms with Crippen molar-refractivity contribution >= 4 is 39.2 Å². The first-order chi connectivity index (χ1) is 11.3. The van der Waals surface area contributed by atoms with Crippen molar-refractivity contribution in [1.82, 2.24) is 19.6 Å². The highest BCUT2D eigenvalue weighted by atomic mass is 32.1. The first kappa shape index (κ1) is 15.2. The van der Waals surface area contributed by atoms with Crippen LogP contribution >= 0.6 is 11.3 Å². The number of hydrogen-bond donors (Lipinski definition) is 0. The predicted octanol–water partition coefficient (Wildman–Crippen LogP) is 1.26. The van der Waals surface area contributed by atoms with Gasteiger partial charge in [-0.1, -0.05) is 0 Å². The van der Waals surface area contributed by atoms with Crippen molar-refractivity contribution in [1.29, 1.82) is 0 Å².